The van der Waals surface area contributed by atoms with E-state index in [2.05, 4.69) is 4.74 Å². The van der Waals surface area contributed by atoms with Gasteiger partial charge in [0, 0.05) is 0 Å². The van der Waals surface area contributed by atoms with Crippen LogP contribution in [0.15, 0.2) is 24.3 Å². The summed E-state index contributed by atoms with van der Waals surface area (Å²) in [4.78, 5) is 25.9. The van der Waals surface area contributed by atoms with Crippen LogP contribution in [0.3, 0.4) is 0 Å². The van der Waals surface area contributed by atoms with Gasteiger partial charge in [-0.1, -0.05) is 25.0 Å². The fraction of sp³-hybridized carbons (Fsp3) is 0.529. The lowest BCUT2D eigenvalue weighted by Gasteiger charge is -2.19. The fourth-order valence-corrected chi connectivity index (χ4v) is 3.56. The van der Waals surface area contributed by atoms with Crippen molar-refractivity contribution in [2.75, 3.05) is 6.54 Å². The van der Waals surface area contributed by atoms with Crippen molar-refractivity contribution < 1.29 is 28.2 Å². The van der Waals surface area contributed by atoms with Gasteiger partial charge in [0.05, 0.1) is 24.5 Å². The second-order valence-electron chi connectivity index (χ2n) is 6.25. The highest BCUT2D eigenvalue weighted by Crippen LogP contribution is 2.38. The van der Waals surface area contributed by atoms with Crippen molar-refractivity contribution in [1.82, 2.24) is 4.90 Å². The molecular formula is C17H19F2NO4. The molecule has 1 aromatic carbocycles. The molecule has 1 saturated carbocycles. The minimum atomic E-state index is -2.91. The van der Waals surface area contributed by atoms with Gasteiger partial charge in [-0.15, -0.1) is 0 Å². The largest absolute Gasteiger partial charge is 0.435 e. The average molecular weight is 339 g/mol. The first kappa shape index (κ1) is 16.8. The number of aliphatic hydroxyl groups excluding tert-OH is 1. The normalized spacial score (nSPS) is 25.1. The van der Waals surface area contributed by atoms with E-state index in [1.165, 1.54) is 24.3 Å². The van der Waals surface area contributed by atoms with Crippen LogP contribution in [-0.4, -0.2) is 35.0 Å². The predicted molar refractivity (Wildman–Crippen MR) is 80.2 cm³/mol. The Morgan fingerprint density at radius 3 is 2.12 bits per heavy atom. The van der Waals surface area contributed by atoms with Crippen molar-refractivity contribution >= 4 is 11.8 Å². The highest BCUT2D eigenvalue weighted by atomic mass is 19.3. The Balaban J connectivity index is 1.67. The molecule has 0 aromatic heterocycles. The number of aliphatic hydroxyl groups is 1. The van der Waals surface area contributed by atoms with Crippen LogP contribution in [0.5, 0.6) is 5.75 Å². The number of rotatable bonds is 5. The number of benzene rings is 1. The van der Waals surface area contributed by atoms with Gasteiger partial charge in [0.25, 0.3) is 0 Å². The Bertz CT molecular complexity index is 596. The Labute approximate surface area is 138 Å². The van der Waals surface area contributed by atoms with Crippen LogP contribution in [0.1, 0.15) is 37.4 Å². The van der Waals surface area contributed by atoms with E-state index >= 15 is 0 Å². The second-order valence-corrected chi connectivity index (χ2v) is 6.25. The number of hydrogen-bond acceptors (Lipinski definition) is 4. The molecule has 0 spiro atoms. The number of β-amino-alcohol motifs (C(OH)–C–C–N with tert-alkyl or cyclic N) is 1. The maximum absolute atomic E-state index is 12.4. The van der Waals surface area contributed by atoms with Gasteiger partial charge in [-0.05, 0) is 30.5 Å². The minimum Gasteiger partial charge on any atom is -0.435 e. The Hall–Kier alpha value is -2.02. The zero-order chi connectivity index (χ0) is 17.3. The van der Waals surface area contributed by atoms with E-state index in [1.807, 2.05) is 0 Å². The number of halogens is 2. The van der Waals surface area contributed by atoms with E-state index in [4.69, 9.17) is 0 Å². The van der Waals surface area contributed by atoms with Gasteiger partial charge in [0.15, 0.2) is 0 Å². The number of ether oxygens (including phenoxy) is 1. The van der Waals surface area contributed by atoms with Crippen LogP contribution < -0.4 is 4.74 Å². The Morgan fingerprint density at radius 1 is 1.08 bits per heavy atom. The smallest absolute Gasteiger partial charge is 0.387 e. The van der Waals surface area contributed by atoms with Crippen molar-refractivity contribution in [1.29, 1.82) is 0 Å². The lowest BCUT2D eigenvalue weighted by Crippen LogP contribution is -2.35. The average Bonchev–Trinajstić information content (AvgIpc) is 2.80. The van der Waals surface area contributed by atoms with E-state index in [-0.39, 0.29) is 35.9 Å². The number of nitrogens with zero attached hydrogens (tertiary/aromatic N) is 1. The van der Waals surface area contributed by atoms with Crippen molar-refractivity contribution in [2.45, 2.75) is 38.4 Å². The molecule has 7 heteroatoms. The summed E-state index contributed by atoms with van der Waals surface area (Å²) in [5.41, 5.74) is 0.437. The molecular weight excluding hydrogens is 320 g/mol. The maximum Gasteiger partial charge on any atom is 0.387 e. The molecule has 1 heterocycles. The quantitative estimate of drug-likeness (QED) is 0.837. The zero-order valence-electron chi connectivity index (χ0n) is 13.0. The van der Waals surface area contributed by atoms with Crippen molar-refractivity contribution in [3.63, 3.8) is 0 Å². The van der Waals surface area contributed by atoms with Gasteiger partial charge in [0.2, 0.25) is 11.8 Å². The molecule has 1 saturated heterocycles. The van der Waals surface area contributed by atoms with E-state index in [0.717, 1.165) is 30.6 Å². The number of amides is 2. The molecule has 130 valence electrons. The molecule has 0 radical (unpaired) electrons. The molecule has 1 aliphatic heterocycles. The SMILES string of the molecule is O=C1[C@H]2CCCC[C@H]2C(=O)N1C[C@H](O)c1ccc(OC(F)F)cc1. The number of hydrogen-bond donors (Lipinski definition) is 1. The number of carbonyl (C=O) groups is 2. The van der Waals surface area contributed by atoms with E-state index in [1.54, 1.807) is 0 Å². The fourth-order valence-electron chi connectivity index (χ4n) is 3.56. The summed E-state index contributed by atoms with van der Waals surface area (Å²) < 4.78 is 28.5. The van der Waals surface area contributed by atoms with Crippen LogP contribution >= 0.6 is 0 Å². The summed E-state index contributed by atoms with van der Waals surface area (Å²) in [5, 5.41) is 10.3. The van der Waals surface area contributed by atoms with Crippen molar-refractivity contribution in [2.24, 2.45) is 11.8 Å². The molecule has 1 N–H and O–H groups in total. The molecule has 2 amide bonds. The van der Waals surface area contributed by atoms with E-state index < -0.39 is 12.7 Å². The summed E-state index contributed by atoms with van der Waals surface area (Å²) in [5.74, 6) is -0.927. The molecule has 3 atom stereocenters. The molecule has 0 bridgehead atoms. The van der Waals surface area contributed by atoms with Gasteiger partial charge in [0.1, 0.15) is 5.75 Å². The molecule has 0 unspecified atom stereocenters. The summed E-state index contributed by atoms with van der Waals surface area (Å²) in [6.45, 7) is -3.02. The van der Waals surface area contributed by atoms with Crippen LogP contribution in [0.4, 0.5) is 8.78 Å². The first-order chi connectivity index (χ1) is 11.5. The zero-order valence-corrected chi connectivity index (χ0v) is 13.0. The van der Waals surface area contributed by atoms with Crippen LogP contribution in [0, 0.1) is 11.8 Å². The summed E-state index contributed by atoms with van der Waals surface area (Å²) in [6, 6.07) is 5.52. The van der Waals surface area contributed by atoms with Crippen molar-refractivity contribution in [3.8, 4) is 5.75 Å². The lowest BCUT2D eigenvalue weighted by atomic mass is 9.81. The maximum atomic E-state index is 12.4. The third-order valence-electron chi connectivity index (χ3n) is 4.78. The third kappa shape index (κ3) is 3.26. The van der Waals surface area contributed by atoms with Gasteiger partial charge < -0.3 is 9.84 Å². The monoisotopic (exact) mass is 339 g/mol. The van der Waals surface area contributed by atoms with E-state index in [9.17, 15) is 23.5 Å². The standard InChI is InChI=1S/C17H19F2NO4/c18-17(19)24-11-7-5-10(6-8-11)14(21)9-20-15(22)12-3-1-2-4-13(12)16(20)23/h5-8,12-14,17,21H,1-4,9H2/t12-,13+,14-/m0/s1. The number of likely N-dealkylation sites (tertiary alicyclic amines) is 1. The first-order valence-corrected chi connectivity index (χ1v) is 8.05. The topological polar surface area (TPSA) is 66.8 Å². The number of fused-ring (bicyclic) bond motifs is 1. The molecule has 3 rings (SSSR count). The van der Waals surface area contributed by atoms with Gasteiger partial charge in [-0.2, -0.15) is 8.78 Å². The Morgan fingerprint density at radius 2 is 1.62 bits per heavy atom. The predicted octanol–water partition coefficient (Wildman–Crippen LogP) is 2.50. The first-order valence-electron chi connectivity index (χ1n) is 8.05. The summed E-state index contributed by atoms with van der Waals surface area (Å²) in [7, 11) is 0. The van der Waals surface area contributed by atoms with Gasteiger partial charge in [-0.3, -0.25) is 14.5 Å². The van der Waals surface area contributed by atoms with Gasteiger partial charge in [-0.25, -0.2) is 0 Å². The Kier molecular flexibility index (Phi) is 4.80. The van der Waals surface area contributed by atoms with Crippen LogP contribution in [-0.2, 0) is 9.59 Å². The highest BCUT2D eigenvalue weighted by molar-refractivity contribution is 6.05. The minimum absolute atomic E-state index is 0.0136. The number of imide groups is 1. The summed E-state index contributed by atoms with van der Waals surface area (Å²) >= 11 is 0. The number of carbonyl (C=O) groups excluding carboxylic acids is 2. The van der Waals surface area contributed by atoms with E-state index in [0.29, 0.717) is 5.56 Å². The summed E-state index contributed by atoms with van der Waals surface area (Å²) in [6.07, 6.45) is 2.28. The molecule has 2 aliphatic rings. The molecule has 24 heavy (non-hydrogen) atoms. The molecule has 5 nitrogen and oxygen atoms in total. The van der Waals surface area contributed by atoms with Crippen molar-refractivity contribution in [3.05, 3.63) is 29.8 Å². The van der Waals surface area contributed by atoms with Gasteiger partial charge >= 0.3 is 6.61 Å². The third-order valence-corrected chi connectivity index (χ3v) is 4.78. The number of alkyl halides is 2. The second kappa shape index (κ2) is 6.84. The highest BCUT2D eigenvalue weighted by Gasteiger charge is 2.48. The molecule has 1 aromatic rings. The van der Waals surface area contributed by atoms with Crippen LogP contribution in [0.25, 0.3) is 0 Å². The lowest BCUT2D eigenvalue weighted by molar-refractivity contribution is -0.141. The molecule has 2 fully saturated rings. The molecule has 1 aliphatic carbocycles. The van der Waals surface area contributed by atoms with Crippen LogP contribution in [0.2, 0.25) is 0 Å².